The van der Waals surface area contributed by atoms with Gasteiger partial charge in [-0.15, -0.1) is 0 Å². The van der Waals surface area contributed by atoms with E-state index in [9.17, 15) is 14.0 Å². The lowest BCUT2D eigenvalue weighted by Gasteiger charge is -2.30. The maximum atomic E-state index is 13.3. The van der Waals surface area contributed by atoms with Crippen LogP contribution in [0.4, 0.5) is 4.39 Å². The average Bonchev–Trinajstić information content (AvgIpc) is 2.67. The quantitative estimate of drug-likeness (QED) is 0.900. The van der Waals surface area contributed by atoms with E-state index in [-0.39, 0.29) is 29.6 Å². The first kappa shape index (κ1) is 19.0. The third kappa shape index (κ3) is 4.70. The molecule has 2 aromatic rings. The van der Waals surface area contributed by atoms with Gasteiger partial charge < -0.3 is 10.2 Å². The maximum absolute atomic E-state index is 13.3. The van der Waals surface area contributed by atoms with Gasteiger partial charge in [0.25, 0.3) is 5.91 Å². The van der Waals surface area contributed by atoms with Gasteiger partial charge in [-0.1, -0.05) is 18.6 Å². The van der Waals surface area contributed by atoms with Crippen LogP contribution in [0.15, 0.2) is 42.6 Å². The predicted octanol–water partition coefficient (Wildman–Crippen LogP) is 3.26. The Kier molecular flexibility index (Phi) is 5.84. The van der Waals surface area contributed by atoms with Crippen molar-refractivity contribution in [3.8, 4) is 11.3 Å². The number of carbonyl (C=O) groups excluding carboxylic acids is 2. The molecule has 2 amide bonds. The van der Waals surface area contributed by atoms with Gasteiger partial charge in [0, 0.05) is 37.8 Å². The molecule has 0 spiro atoms. The van der Waals surface area contributed by atoms with E-state index in [1.165, 1.54) is 18.3 Å². The minimum atomic E-state index is -0.324. The Labute approximate surface area is 158 Å². The summed E-state index contributed by atoms with van der Waals surface area (Å²) >= 11 is 0. The molecule has 1 fully saturated rings. The molecule has 1 N–H and O–H groups in total. The van der Waals surface area contributed by atoms with E-state index in [1.54, 1.807) is 43.3 Å². The topological polar surface area (TPSA) is 62.3 Å². The third-order valence-electron chi connectivity index (χ3n) is 4.95. The maximum Gasteiger partial charge on any atom is 0.253 e. The van der Waals surface area contributed by atoms with Crippen molar-refractivity contribution in [3.63, 3.8) is 0 Å². The lowest BCUT2D eigenvalue weighted by atomic mass is 9.84. The highest BCUT2D eigenvalue weighted by molar-refractivity contribution is 5.94. The molecule has 1 aromatic heterocycles. The number of hydrogen-bond acceptors (Lipinski definition) is 3. The molecule has 1 aromatic carbocycles. The molecule has 5 nitrogen and oxygen atoms in total. The van der Waals surface area contributed by atoms with Crippen LogP contribution in [0.5, 0.6) is 0 Å². The molecular weight excluding hydrogens is 345 g/mol. The van der Waals surface area contributed by atoms with Crippen molar-refractivity contribution >= 4 is 11.8 Å². The Morgan fingerprint density at radius 1 is 1.19 bits per heavy atom. The second-order valence-electron chi connectivity index (χ2n) is 7.21. The fourth-order valence-corrected chi connectivity index (χ4v) is 3.53. The number of pyridine rings is 1. The van der Waals surface area contributed by atoms with E-state index in [1.807, 2.05) is 0 Å². The summed E-state index contributed by atoms with van der Waals surface area (Å²) in [6, 6.07) is 9.58. The number of halogens is 1. The summed E-state index contributed by atoms with van der Waals surface area (Å²) in [4.78, 5) is 30.6. The Balaban J connectivity index is 1.63. The lowest BCUT2D eigenvalue weighted by molar-refractivity contribution is -0.134. The second-order valence-corrected chi connectivity index (χ2v) is 7.21. The number of aromatic nitrogens is 1. The number of rotatable bonds is 4. The van der Waals surface area contributed by atoms with Crippen molar-refractivity contribution in [3.05, 3.63) is 54.0 Å². The van der Waals surface area contributed by atoms with Crippen LogP contribution in [0, 0.1) is 11.7 Å². The van der Waals surface area contributed by atoms with Crippen LogP contribution in [-0.2, 0) is 4.79 Å². The molecule has 0 bridgehead atoms. The first-order chi connectivity index (χ1) is 12.9. The van der Waals surface area contributed by atoms with Crippen molar-refractivity contribution < 1.29 is 14.0 Å². The Morgan fingerprint density at radius 2 is 2.00 bits per heavy atom. The summed E-state index contributed by atoms with van der Waals surface area (Å²) in [5.41, 5.74) is 1.73. The van der Waals surface area contributed by atoms with Gasteiger partial charge in [-0.25, -0.2) is 4.39 Å². The Morgan fingerprint density at radius 3 is 2.67 bits per heavy atom. The van der Waals surface area contributed by atoms with Gasteiger partial charge >= 0.3 is 0 Å². The summed E-state index contributed by atoms with van der Waals surface area (Å²) in [5, 5.41) is 3.02. The monoisotopic (exact) mass is 369 g/mol. The molecular formula is C21H24FN3O2. The summed E-state index contributed by atoms with van der Waals surface area (Å²) < 4.78 is 13.3. The second kappa shape index (κ2) is 8.29. The number of amides is 2. The molecule has 3 rings (SSSR count). The molecule has 142 valence electrons. The summed E-state index contributed by atoms with van der Waals surface area (Å²) in [6.07, 6.45) is 4.83. The molecule has 0 unspecified atom stereocenters. The Hall–Kier alpha value is -2.76. The fourth-order valence-electron chi connectivity index (χ4n) is 3.53. The molecule has 1 aliphatic carbocycles. The average molecular weight is 369 g/mol. The zero-order chi connectivity index (χ0) is 19.4. The molecule has 0 saturated heterocycles. The number of nitrogens with zero attached hydrogens (tertiary/aromatic N) is 2. The SMILES string of the molecule is CN(C)C(=O)[C@@H]1CCC[C@@H](NC(=O)c2ccc(-c3cccc(F)c3)nc2)C1. The van der Waals surface area contributed by atoms with Crippen LogP contribution < -0.4 is 5.32 Å². The smallest absolute Gasteiger partial charge is 0.253 e. The van der Waals surface area contributed by atoms with Crippen LogP contribution in [0.2, 0.25) is 0 Å². The molecule has 27 heavy (non-hydrogen) atoms. The van der Waals surface area contributed by atoms with Gasteiger partial charge in [-0.2, -0.15) is 0 Å². The minimum absolute atomic E-state index is 0.0111. The van der Waals surface area contributed by atoms with Crippen molar-refractivity contribution in [1.29, 1.82) is 0 Å². The highest BCUT2D eigenvalue weighted by Crippen LogP contribution is 2.26. The van der Waals surface area contributed by atoms with E-state index >= 15 is 0 Å². The molecule has 1 heterocycles. The molecule has 1 aliphatic rings. The van der Waals surface area contributed by atoms with Crippen LogP contribution in [0.1, 0.15) is 36.0 Å². The van der Waals surface area contributed by atoms with Gasteiger partial charge in [0.1, 0.15) is 5.82 Å². The van der Waals surface area contributed by atoms with E-state index in [0.717, 1.165) is 19.3 Å². The molecule has 1 saturated carbocycles. The van der Waals surface area contributed by atoms with Crippen LogP contribution in [0.25, 0.3) is 11.3 Å². The predicted molar refractivity (Wildman–Crippen MR) is 102 cm³/mol. The number of carbonyl (C=O) groups is 2. The number of benzene rings is 1. The standard InChI is InChI=1S/C21H24FN3O2/c1-25(2)21(27)15-6-4-8-18(12-15)24-20(26)16-9-10-19(23-13-16)14-5-3-7-17(22)11-14/h3,5,7,9-11,13,15,18H,4,6,8,12H2,1-2H3,(H,24,26)/t15-,18-/m1/s1. The van der Waals surface area contributed by atoms with Crippen LogP contribution >= 0.6 is 0 Å². The zero-order valence-corrected chi connectivity index (χ0v) is 15.6. The Bertz CT molecular complexity index is 820. The zero-order valence-electron chi connectivity index (χ0n) is 15.6. The summed E-state index contributed by atoms with van der Waals surface area (Å²) in [6.45, 7) is 0. The first-order valence-electron chi connectivity index (χ1n) is 9.18. The van der Waals surface area contributed by atoms with Crippen LogP contribution in [0.3, 0.4) is 0 Å². The fraction of sp³-hybridized carbons (Fsp3) is 0.381. The van der Waals surface area contributed by atoms with E-state index < -0.39 is 0 Å². The molecule has 2 atom stereocenters. The van der Waals surface area contributed by atoms with E-state index in [4.69, 9.17) is 0 Å². The largest absolute Gasteiger partial charge is 0.349 e. The van der Waals surface area contributed by atoms with Crippen molar-refractivity contribution in [2.75, 3.05) is 14.1 Å². The van der Waals surface area contributed by atoms with Gasteiger partial charge in [0.05, 0.1) is 11.3 Å². The van der Waals surface area contributed by atoms with Crippen molar-refractivity contribution in [1.82, 2.24) is 15.2 Å². The first-order valence-corrected chi connectivity index (χ1v) is 9.18. The summed E-state index contributed by atoms with van der Waals surface area (Å²) in [7, 11) is 3.52. The van der Waals surface area contributed by atoms with Gasteiger partial charge in [-0.3, -0.25) is 14.6 Å². The van der Waals surface area contributed by atoms with E-state index in [2.05, 4.69) is 10.3 Å². The normalized spacial score (nSPS) is 19.4. The highest BCUT2D eigenvalue weighted by Gasteiger charge is 2.29. The highest BCUT2D eigenvalue weighted by atomic mass is 19.1. The van der Waals surface area contributed by atoms with Gasteiger partial charge in [0.15, 0.2) is 0 Å². The van der Waals surface area contributed by atoms with Gasteiger partial charge in [-0.05, 0) is 43.5 Å². The van der Waals surface area contributed by atoms with Crippen LogP contribution in [-0.4, -0.2) is 41.8 Å². The van der Waals surface area contributed by atoms with E-state index in [0.29, 0.717) is 23.2 Å². The van der Waals surface area contributed by atoms with Gasteiger partial charge in [0.2, 0.25) is 5.91 Å². The lowest BCUT2D eigenvalue weighted by Crippen LogP contribution is -2.42. The third-order valence-corrected chi connectivity index (χ3v) is 4.95. The number of hydrogen-bond donors (Lipinski definition) is 1. The number of nitrogens with one attached hydrogen (secondary N) is 1. The minimum Gasteiger partial charge on any atom is -0.349 e. The molecule has 6 heteroatoms. The summed E-state index contributed by atoms with van der Waals surface area (Å²) in [5.74, 6) is -0.436. The molecule has 0 aliphatic heterocycles. The van der Waals surface area contributed by atoms with Crippen molar-refractivity contribution in [2.45, 2.75) is 31.7 Å². The molecule has 0 radical (unpaired) electrons. The van der Waals surface area contributed by atoms with Crippen molar-refractivity contribution in [2.24, 2.45) is 5.92 Å².